The molecule has 4 aliphatic rings. The molecule has 0 aromatic rings. The van der Waals surface area contributed by atoms with Gasteiger partial charge in [0.15, 0.2) is 0 Å². The third-order valence-electron chi connectivity index (χ3n) is 6.53. The lowest BCUT2D eigenvalue weighted by atomic mass is 9.68. The summed E-state index contributed by atoms with van der Waals surface area (Å²) in [6, 6.07) is 0.813. The van der Waals surface area contributed by atoms with Crippen LogP contribution in [0.15, 0.2) is 11.6 Å². The van der Waals surface area contributed by atoms with Gasteiger partial charge >= 0.3 is 12.0 Å². The van der Waals surface area contributed by atoms with Crippen LogP contribution in [0.2, 0.25) is 0 Å². The average Bonchev–Trinajstić information content (AvgIpc) is 2.65. The number of likely N-dealkylation sites (tertiary alicyclic amines) is 1. The Kier molecular flexibility index (Phi) is 4.71. The van der Waals surface area contributed by atoms with Crippen LogP contribution in [-0.4, -0.2) is 67.2 Å². The second kappa shape index (κ2) is 6.98. The summed E-state index contributed by atoms with van der Waals surface area (Å²) in [5.74, 6) is 0.797. The molecule has 1 aliphatic carbocycles. The standard InChI is InChI=1S/C19H29N3O3/c1-25-17(23)11-20-19(24)22-8-4-5-13-9-14-10-15(18(13)22)12-21-7-3-2-6-16(14)21/h9,14-16,18H,2-8,10-12H2,1H3,(H,20,24)/t14-,15-,16-,18+/m0/s1. The van der Waals surface area contributed by atoms with E-state index in [1.165, 1.54) is 44.9 Å². The first-order chi connectivity index (χ1) is 12.2. The predicted molar refractivity (Wildman–Crippen MR) is 94.0 cm³/mol. The van der Waals surface area contributed by atoms with Crippen LogP contribution < -0.4 is 5.32 Å². The maximum atomic E-state index is 12.7. The summed E-state index contributed by atoms with van der Waals surface area (Å²) >= 11 is 0. The number of piperidine rings is 3. The van der Waals surface area contributed by atoms with Crippen molar-refractivity contribution < 1.29 is 14.3 Å². The number of methoxy groups -OCH3 is 1. The van der Waals surface area contributed by atoms with Crippen molar-refractivity contribution in [2.45, 2.75) is 50.6 Å². The molecule has 2 amide bonds. The fourth-order valence-electron chi connectivity index (χ4n) is 5.52. The first kappa shape index (κ1) is 16.9. The molecule has 0 unspecified atom stereocenters. The SMILES string of the molecule is COC(=O)CNC(=O)N1CCCC2=C[C@H]3C[C@@H](CN4CCCC[C@@H]34)[C@@H]21. The number of urea groups is 1. The Morgan fingerprint density at radius 2 is 2.16 bits per heavy atom. The minimum absolute atomic E-state index is 0.0565. The Morgan fingerprint density at radius 1 is 1.28 bits per heavy atom. The monoisotopic (exact) mass is 347 g/mol. The molecule has 4 rings (SSSR count). The lowest BCUT2D eigenvalue weighted by Crippen LogP contribution is -2.61. The van der Waals surface area contributed by atoms with Gasteiger partial charge < -0.3 is 15.0 Å². The van der Waals surface area contributed by atoms with Crippen LogP contribution >= 0.6 is 0 Å². The van der Waals surface area contributed by atoms with Crippen molar-refractivity contribution in [3.8, 4) is 0 Å². The largest absolute Gasteiger partial charge is 0.468 e. The fourth-order valence-corrected chi connectivity index (χ4v) is 5.52. The van der Waals surface area contributed by atoms with Crippen molar-refractivity contribution in [1.82, 2.24) is 15.1 Å². The molecule has 0 aromatic carbocycles. The number of fused-ring (bicyclic) bond motifs is 6. The minimum atomic E-state index is -0.404. The van der Waals surface area contributed by atoms with Crippen LogP contribution in [-0.2, 0) is 9.53 Å². The van der Waals surface area contributed by atoms with Gasteiger partial charge in [-0.25, -0.2) is 4.79 Å². The molecular weight excluding hydrogens is 318 g/mol. The second-order valence-corrected chi connectivity index (χ2v) is 7.94. The number of rotatable bonds is 2. The quantitative estimate of drug-likeness (QED) is 0.611. The zero-order valence-electron chi connectivity index (χ0n) is 15.1. The Bertz CT molecular complexity index is 576. The lowest BCUT2D eigenvalue weighted by molar-refractivity contribution is -0.139. The van der Waals surface area contributed by atoms with Crippen LogP contribution in [0.25, 0.3) is 0 Å². The molecule has 0 aromatic heterocycles. The van der Waals surface area contributed by atoms with Crippen molar-refractivity contribution in [2.24, 2.45) is 11.8 Å². The van der Waals surface area contributed by atoms with Crippen molar-refractivity contribution in [3.63, 3.8) is 0 Å². The number of amides is 2. The average molecular weight is 347 g/mol. The maximum Gasteiger partial charge on any atom is 0.325 e. The highest BCUT2D eigenvalue weighted by Crippen LogP contribution is 2.44. The van der Waals surface area contributed by atoms with Gasteiger partial charge in [-0.2, -0.15) is 0 Å². The zero-order valence-corrected chi connectivity index (χ0v) is 15.1. The molecule has 0 saturated carbocycles. The van der Waals surface area contributed by atoms with Gasteiger partial charge in [0.25, 0.3) is 0 Å². The normalized spacial score (nSPS) is 34.4. The van der Waals surface area contributed by atoms with Crippen LogP contribution in [0.3, 0.4) is 0 Å². The molecule has 0 spiro atoms. The summed E-state index contributed by atoms with van der Waals surface area (Å²) in [4.78, 5) is 28.7. The number of nitrogens with zero attached hydrogens (tertiary/aromatic N) is 2. The summed E-state index contributed by atoms with van der Waals surface area (Å²) in [5.41, 5.74) is 1.46. The van der Waals surface area contributed by atoms with Gasteiger partial charge in [0.1, 0.15) is 6.54 Å². The Hall–Kier alpha value is -1.56. The highest BCUT2D eigenvalue weighted by Gasteiger charge is 2.46. The summed E-state index contributed by atoms with van der Waals surface area (Å²) in [7, 11) is 1.34. The van der Waals surface area contributed by atoms with E-state index in [1.807, 2.05) is 4.90 Å². The number of hydrogen-bond donors (Lipinski definition) is 1. The van der Waals surface area contributed by atoms with E-state index in [-0.39, 0.29) is 18.6 Å². The van der Waals surface area contributed by atoms with Crippen molar-refractivity contribution in [1.29, 1.82) is 0 Å². The Morgan fingerprint density at radius 3 is 3.00 bits per heavy atom. The zero-order chi connectivity index (χ0) is 17.4. The highest BCUT2D eigenvalue weighted by molar-refractivity contribution is 5.81. The molecule has 3 aliphatic heterocycles. The first-order valence-electron chi connectivity index (χ1n) is 9.73. The van der Waals surface area contributed by atoms with Gasteiger partial charge in [0.2, 0.25) is 0 Å². The van der Waals surface area contributed by atoms with Crippen LogP contribution in [0.4, 0.5) is 4.79 Å². The van der Waals surface area contributed by atoms with E-state index in [4.69, 9.17) is 0 Å². The van der Waals surface area contributed by atoms with E-state index in [1.54, 1.807) is 0 Å². The first-order valence-corrected chi connectivity index (χ1v) is 9.73. The minimum Gasteiger partial charge on any atom is -0.468 e. The molecule has 3 fully saturated rings. The lowest BCUT2D eigenvalue weighted by Gasteiger charge is -2.54. The van der Waals surface area contributed by atoms with Gasteiger partial charge in [-0.05, 0) is 50.5 Å². The summed E-state index contributed by atoms with van der Waals surface area (Å²) < 4.78 is 4.63. The van der Waals surface area contributed by atoms with E-state index < -0.39 is 5.97 Å². The molecule has 6 heteroatoms. The van der Waals surface area contributed by atoms with E-state index >= 15 is 0 Å². The summed E-state index contributed by atoms with van der Waals surface area (Å²) in [5, 5.41) is 2.74. The van der Waals surface area contributed by atoms with Crippen LogP contribution in [0.1, 0.15) is 38.5 Å². The Balaban J connectivity index is 1.51. The third kappa shape index (κ3) is 3.16. The van der Waals surface area contributed by atoms with Crippen LogP contribution in [0.5, 0.6) is 0 Å². The molecule has 6 nitrogen and oxygen atoms in total. The van der Waals surface area contributed by atoms with Gasteiger partial charge in [-0.15, -0.1) is 0 Å². The smallest absolute Gasteiger partial charge is 0.325 e. The molecule has 2 bridgehead atoms. The van der Waals surface area contributed by atoms with E-state index in [9.17, 15) is 9.59 Å². The number of ether oxygens (including phenoxy) is 1. The molecule has 4 atom stereocenters. The topological polar surface area (TPSA) is 61.9 Å². The third-order valence-corrected chi connectivity index (χ3v) is 6.53. The number of esters is 1. The molecule has 138 valence electrons. The molecule has 3 saturated heterocycles. The molecule has 1 N–H and O–H groups in total. The number of carbonyl (C=O) groups is 2. The second-order valence-electron chi connectivity index (χ2n) is 7.94. The van der Waals surface area contributed by atoms with E-state index in [2.05, 4.69) is 21.0 Å². The van der Waals surface area contributed by atoms with Gasteiger partial charge in [-0.1, -0.05) is 18.1 Å². The van der Waals surface area contributed by atoms with Crippen molar-refractivity contribution in [3.05, 3.63) is 11.6 Å². The van der Waals surface area contributed by atoms with Crippen LogP contribution in [0, 0.1) is 11.8 Å². The predicted octanol–water partition coefficient (Wildman–Crippen LogP) is 1.76. The van der Waals surface area contributed by atoms with Crippen molar-refractivity contribution in [2.75, 3.05) is 33.3 Å². The number of nitrogens with one attached hydrogen (secondary N) is 1. The molecular formula is C19H29N3O3. The number of hydrogen-bond acceptors (Lipinski definition) is 4. The van der Waals surface area contributed by atoms with Gasteiger partial charge in [0, 0.05) is 19.1 Å². The summed E-state index contributed by atoms with van der Waals surface area (Å²) in [6.45, 7) is 3.05. The van der Waals surface area contributed by atoms with Crippen molar-refractivity contribution >= 4 is 12.0 Å². The number of carbonyl (C=O) groups excluding carboxylic acids is 2. The maximum absolute atomic E-state index is 12.7. The van der Waals surface area contributed by atoms with E-state index in [0.29, 0.717) is 11.8 Å². The van der Waals surface area contributed by atoms with Gasteiger partial charge in [-0.3, -0.25) is 9.69 Å². The molecule has 0 radical (unpaired) electrons. The summed E-state index contributed by atoms with van der Waals surface area (Å²) in [6.07, 6.45) is 9.83. The molecule has 25 heavy (non-hydrogen) atoms. The molecule has 3 heterocycles. The Labute approximate surface area is 149 Å². The van der Waals surface area contributed by atoms with Gasteiger partial charge in [0.05, 0.1) is 13.2 Å². The highest BCUT2D eigenvalue weighted by atomic mass is 16.5. The van der Waals surface area contributed by atoms with E-state index in [0.717, 1.165) is 32.0 Å². The fraction of sp³-hybridized carbons (Fsp3) is 0.789.